The Balaban J connectivity index is 1.82. The Bertz CT molecular complexity index is 814. The molecule has 28 heavy (non-hydrogen) atoms. The Morgan fingerprint density at radius 2 is 1.96 bits per heavy atom. The van der Waals surface area contributed by atoms with Gasteiger partial charge in [-0.05, 0) is 33.0 Å². The minimum atomic E-state index is 0.272. The van der Waals surface area contributed by atoms with Crippen LogP contribution in [0.15, 0.2) is 24.7 Å². The van der Waals surface area contributed by atoms with Gasteiger partial charge in [0, 0.05) is 36.6 Å². The van der Waals surface area contributed by atoms with Crippen molar-refractivity contribution in [1.82, 2.24) is 19.9 Å². The Labute approximate surface area is 164 Å². The van der Waals surface area contributed by atoms with Gasteiger partial charge in [-0.2, -0.15) is 5.26 Å². The molecule has 1 aliphatic heterocycles. The summed E-state index contributed by atoms with van der Waals surface area (Å²) in [4.78, 5) is 27.2. The predicted octanol–water partition coefficient (Wildman–Crippen LogP) is 2.10. The molecule has 1 aliphatic rings. The van der Waals surface area contributed by atoms with Crippen molar-refractivity contribution in [3.8, 4) is 6.07 Å². The Hall–Kier alpha value is -2.80. The summed E-state index contributed by atoms with van der Waals surface area (Å²) in [5.41, 5.74) is 2.25. The first kappa shape index (κ1) is 19.9. The molecule has 1 fully saturated rings. The summed E-state index contributed by atoms with van der Waals surface area (Å²) >= 11 is 0. The van der Waals surface area contributed by atoms with Gasteiger partial charge in [-0.1, -0.05) is 0 Å². The van der Waals surface area contributed by atoms with Crippen LogP contribution in [-0.4, -0.2) is 60.2 Å². The van der Waals surface area contributed by atoms with Crippen molar-refractivity contribution in [3.05, 3.63) is 35.9 Å². The highest BCUT2D eigenvalue weighted by molar-refractivity contribution is 5.62. The predicted molar refractivity (Wildman–Crippen MR) is 105 cm³/mol. The summed E-state index contributed by atoms with van der Waals surface area (Å²) in [5, 5.41) is 12.0. The van der Waals surface area contributed by atoms with Gasteiger partial charge < -0.3 is 15.1 Å². The molecular formula is C19H25N7O2. The second-order valence-electron chi connectivity index (χ2n) is 6.80. The number of nitrogens with one attached hydrogen (secondary N) is 1. The smallest absolute Gasteiger partial charge is 0.158 e. The van der Waals surface area contributed by atoms with E-state index in [9.17, 15) is 0 Å². The summed E-state index contributed by atoms with van der Waals surface area (Å²) in [6.45, 7) is 2.47. The average Bonchev–Trinajstić information content (AvgIpc) is 2.73. The maximum absolute atomic E-state index is 8.84. The fourth-order valence-corrected chi connectivity index (χ4v) is 3.26. The SMILES string of the molecule is COOCc1cnc(Nc2cnc(C#N)cn2)cc1N(C)C1CCN(C)CC1. The molecule has 0 unspecified atom stereocenters. The monoisotopic (exact) mass is 383 g/mol. The van der Waals surface area contributed by atoms with Crippen LogP contribution in [0.2, 0.25) is 0 Å². The fraction of sp³-hybridized carbons (Fsp3) is 0.474. The summed E-state index contributed by atoms with van der Waals surface area (Å²) < 4.78 is 0. The van der Waals surface area contributed by atoms with Gasteiger partial charge in [-0.25, -0.2) is 24.7 Å². The lowest BCUT2D eigenvalue weighted by Crippen LogP contribution is -2.42. The molecule has 3 heterocycles. The molecule has 1 saturated heterocycles. The first-order valence-electron chi connectivity index (χ1n) is 9.15. The van der Waals surface area contributed by atoms with Gasteiger partial charge in [-0.15, -0.1) is 0 Å². The van der Waals surface area contributed by atoms with Crippen LogP contribution in [0.1, 0.15) is 24.1 Å². The molecule has 0 amide bonds. The largest absolute Gasteiger partial charge is 0.371 e. The minimum absolute atomic E-state index is 0.272. The molecule has 0 radical (unpaired) electrons. The first-order chi connectivity index (χ1) is 13.6. The van der Waals surface area contributed by atoms with Crippen LogP contribution in [0, 0.1) is 11.3 Å². The molecule has 0 saturated carbocycles. The molecule has 0 bridgehead atoms. The van der Waals surface area contributed by atoms with Crippen molar-refractivity contribution in [2.24, 2.45) is 0 Å². The van der Waals surface area contributed by atoms with E-state index in [0.717, 1.165) is 37.2 Å². The van der Waals surface area contributed by atoms with Crippen LogP contribution in [0.4, 0.5) is 17.3 Å². The van der Waals surface area contributed by atoms with Gasteiger partial charge in [0.2, 0.25) is 0 Å². The maximum atomic E-state index is 8.84. The fourth-order valence-electron chi connectivity index (χ4n) is 3.26. The van der Waals surface area contributed by atoms with E-state index in [1.165, 1.54) is 19.5 Å². The highest BCUT2D eigenvalue weighted by Gasteiger charge is 2.23. The molecule has 9 heteroatoms. The summed E-state index contributed by atoms with van der Waals surface area (Å²) in [6.07, 6.45) is 6.92. The third-order valence-corrected chi connectivity index (χ3v) is 4.93. The third-order valence-electron chi connectivity index (χ3n) is 4.93. The van der Waals surface area contributed by atoms with E-state index in [0.29, 0.717) is 24.3 Å². The molecule has 0 spiro atoms. The standard InChI is InChI=1S/C19H25N7O2/c1-25-6-4-16(5-7-25)26(2)17-8-18(22-10-14(17)13-28-27-3)24-19-12-21-15(9-20)11-23-19/h8,10-12,16H,4-7,13H2,1-3H3,(H,22,23,24). The highest BCUT2D eigenvalue weighted by atomic mass is 17.2. The first-order valence-corrected chi connectivity index (χ1v) is 9.15. The molecule has 0 aromatic carbocycles. The van der Waals surface area contributed by atoms with E-state index in [1.54, 1.807) is 6.20 Å². The second kappa shape index (κ2) is 9.41. The average molecular weight is 383 g/mol. The van der Waals surface area contributed by atoms with Gasteiger partial charge in [0.05, 0.1) is 19.5 Å². The molecule has 0 atom stereocenters. The Morgan fingerprint density at radius 3 is 2.61 bits per heavy atom. The topological polar surface area (TPSA) is 99.4 Å². The normalized spacial score (nSPS) is 15.2. The lowest BCUT2D eigenvalue weighted by Gasteiger charge is -2.37. The van der Waals surface area contributed by atoms with Crippen LogP contribution in [-0.2, 0) is 16.4 Å². The zero-order valence-electron chi connectivity index (χ0n) is 16.4. The van der Waals surface area contributed by atoms with Crippen molar-refractivity contribution in [3.63, 3.8) is 0 Å². The van der Waals surface area contributed by atoms with Gasteiger partial charge in [-0.3, -0.25) is 0 Å². The second-order valence-corrected chi connectivity index (χ2v) is 6.80. The van der Waals surface area contributed by atoms with Crippen molar-refractivity contribution in [2.75, 3.05) is 44.5 Å². The lowest BCUT2D eigenvalue weighted by atomic mass is 10.0. The zero-order chi connectivity index (χ0) is 19.9. The number of hydrogen-bond acceptors (Lipinski definition) is 9. The van der Waals surface area contributed by atoms with Crippen LogP contribution in [0.3, 0.4) is 0 Å². The summed E-state index contributed by atoms with van der Waals surface area (Å²) in [7, 11) is 5.75. The van der Waals surface area contributed by atoms with Gasteiger partial charge in [0.1, 0.15) is 24.3 Å². The number of likely N-dealkylation sites (tertiary alicyclic amines) is 1. The van der Waals surface area contributed by atoms with Crippen molar-refractivity contribution in [1.29, 1.82) is 5.26 Å². The number of piperidine rings is 1. The number of rotatable bonds is 7. The van der Waals surface area contributed by atoms with Crippen molar-refractivity contribution < 1.29 is 9.78 Å². The number of hydrogen-bond donors (Lipinski definition) is 1. The Kier molecular flexibility index (Phi) is 6.71. The maximum Gasteiger partial charge on any atom is 0.158 e. The summed E-state index contributed by atoms with van der Waals surface area (Å²) in [5.74, 6) is 1.18. The van der Waals surface area contributed by atoms with Crippen LogP contribution >= 0.6 is 0 Å². The quantitative estimate of drug-likeness (QED) is 0.569. The van der Waals surface area contributed by atoms with Crippen molar-refractivity contribution in [2.45, 2.75) is 25.5 Å². The third kappa shape index (κ3) is 4.92. The number of anilines is 3. The number of nitrogens with zero attached hydrogens (tertiary/aromatic N) is 6. The van der Waals surface area contributed by atoms with Crippen molar-refractivity contribution >= 4 is 17.3 Å². The zero-order valence-corrected chi connectivity index (χ0v) is 16.4. The van der Waals surface area contributed by atoms with Gasteiger partial charge in [0.25, 0.3) is 0 Å². The Morgan fingerprint density at radius 1 is 1.21 bits per heavy atom. The van der Waals surface area contributed by atoms with E-state index < -0.39 is 0 Å². The lowest BCUT2D eigenvalue weighted by molar-refractivity contribution is -0.282. The van der Waals surface area contributed by atoms with E-state index in [4.69, 9.17) is 15.0 Å². The molecular weight excluding hydrogens is 358 g/mol. The number of nitriles is 1. The van der Waals surface area contributed by atoms with E-state index in [2.05, 4.69) is 44.2 Å². The van der Waals surface area contributed by atoms with Crippen LogP contribution in [0.5, 0.6) is 0 Å². The number of pyridine rings is 1. The number of aromatic nitrogens is 3. The van der Waals surface area contributed by atoms with E-state index in [1.807, 2.05) is 12.1 Å². The molecule has 2 aromatic rings. The van der Waals surface area contributed by atoms with Gasteiger partial charge in [0.15, 0.2) is 5.69 Å². The molecule has 3 rings (SSSR count). The molecule has 148 valence electrons. The highest BCUT2D eigenvalue weighted by Crippen LogP contribution is 2.28. The van der Waals surface area contributed by atoms with E-state index >= 15 is 0 Å². The van der Waals surface area contributed by atoms with Gasteiger partial charge >= 0.3 is 0 Å². The van der Waals surface area contributed by atoms with Crippen LogP contribution < -0.4 is 10.2 Å². The van der Waals surface area contributed by atoms with Crippen LogP contribution in [0.25, 0.3) is 0 Å². The van der Waals surface area contributed by atoms with E-state index in [-0.39, 0.29) is 5.69 Å². The molecule has 2 aromatic heterocycles. The minimum Gasteiger partial charge on any atom is -0.371 e. The molecule has 9 nitrogen and oxygen atoms in total. The molecule has 0 aliphatic carbocycles. The molecule has 1 N–H and O–H groups in total. The summed E-state index contributed by atoms with van der Waals surface area (Å²) in [6, 6.07) is 4.38.